The summed E-state index contributed by atoms with van der Waals surface area (Å²) in [6, 6.07) is 9.38. The van der Waals surface area contributed by atoms with E-state index in [1.807, 2.05) is 19.1 Å². The van der Waals surface area contributed by atoms with E-state index in [1.165, 1.54) is 7.11 Å². The summed E-state index contributed by atoms with van der Waals surface area (Å²) < 4.78 is 5.18. The summed E-state index contributed by atoms with van der Waals surface area (Å²) in [7, 11) is 1.52. The number of hydrogen-bond acceptors (Lipinski definition) is 6. The average molecular weight is 349 g/mol. The second-order valence-corrected chi connectivity index (χ2v) is 6.21. The zero-order valence-electron chi connectivity index (χ0n) is 14.7. The molecular weight excluding hydrogens is 330 g/mol. The monoisotopic (exact) mass is 349 g/mol. The number of aryl methyl sites for hydroxylation is 1. The molecule has 132 valence electrons. The van der Waals surface area contributed by atoms with Crippen LogP contribution in [-0.2, 0) is 0 Å². The molecule has 0 aliphatic rings. The van der Waals surface area contributed by atoms with Gasteiger partial charge in [0.05, 0.1) is 30.4 Å². The first-order chi connectivity index (χ1) is 12.6. The summed E-state index contributed by atoms with van der Waals surface area (Å²) in [6.07, 6.45) is 1.81. The number of phenolic OH excluding ortho intramolecular Hbond substituents is 1. The molecule has 2 aromatic heterocycles. The Kier molecular flexibility index (Phi) is 3.84. The first-order valence-electron chi connectivity index (χ1n) is 8.30. The molecule has 3 N–H and O–H groups in total. The topological polar surface area (TPSA) is 96.0 Å². The number of methoxy groups -OCH3 is 1. The van der Waals surface area contributed by atoms with Gasteiger partial charge in [0.2, 0.25) is 0 Å². The minimum absolute atomic E-state index is 0.0269. The Bertz CT molecular complexity index is 1110. The van der Waals surface area contributed by atoms with E-state index in [9.17, 15) is 5.11 Å². The van der Waals surface area contributed by atoms with Gasteiger partial charge in [-0.2, -0.15) is 5.10 Å². The third kappa shape index (κ3) is 2.67. The third-order valence-corrected chi connectivity index (χ3v) is 4.44. The van der Waals surface area contributed by atoms with Gasteiger partial charge in [0.1, 0.15) is 11.6 Å². The molecule has 0 amide bonds. The van der Waals surface area contributed by atoms with E-state index < -0.39 is 0 Å². The largest absolute Gasteiger partial charge is 0.504 e. The van der Waals surface area contributed by atoms with Crippen molar-refractivity contribution in [1.82, 2.24) is 20.2 Å². The van der Waals surface area contributed by atoms with Crippen molar-refractivity contribution >= 4 is 27.6 Å². The lowest BCUT2D eigenvalue weighted by atomic mass is 10.1. The second-order valence-electron chi connectivity index (χ2n) is 6.21. The van der Waals surface area contributed by atoms with Gasteiger partial charge in [-0.05, 0) is 25.5 Å². The molecule has 0 aliphatic carbocycles. The number of benzene rings is 2. The molecule has 7 nitrogen and oxygen atoms in total. The van der Waals surface area contributed by atoms with Crippen LogP contribution in [0.2, 0.25) is 0 Å². The van der Waals surface area contributed by atoms with Crippen molar-refractivity contribution in [2.75, 3.05) is 12.4 Å². The lowest BCUT2D eigenvalue weighted by Gasteiger charge is -2.18. The molecule has 0 spiro atoms. The molecule has 0 fully saturated rings. The minimum atomic E-state index is -0.0269. The maximum Gasteiger partial charge on any atom is 0.162 e. The van der Waals surface area contributed by atoms with Gasteiger partial charge in [-0.3, -0.25) is 5.10 Å². The number of hydrogen-bond donors (Lipinski definition) is 3. The Hall–Kier alpha value is -3.35. The highest BCUT2D eigenvalue weighted by Gasteiger charge is 2.15. The van der Waals surface area contributed by atoms with Crippen LogP contribution < -0.4 is 10.1 Å². The van der Waals surface area contributed by atoms with Gasteiger partial charge in [-0.1, -0.05) is 18.2 Å². The van der Waals surface area contributed by atoms with Gasteiger partial charge in [0, 0.05) is 16.8 Å². The smallest absolute Gasteiger partial charge is 0.162 e. The Morgan fingerprint density at radius 2 is 2.08 bits per heavy atom. The van der Waals surface area contributed by atoms with E-state index in [0.717, 1.165) is 21.9 Å². The van der Waals surface area contributed by atoms with Gasteiger partial charge in [0.25, 0.3) is 0 Å². The van der Waals surface area contributed by atoms with Crippen LogP contribution in [0, 0.1) is 6.92 Å². The highest BCUT2D eigenvalue weighted by Crippen LogP contribution is 2.34. The van der Waals surface area contributed by atoms with Gasteiger partial charge in [-0.15, -0.1) is 0 Å². The summed E-state index contributed by atoms with van der Waals surface area (Å²) in [6.45, 7) is 3.90. The van der Waals surface area contributed by atoms with Crippen molar-refractivity contribution in [1.29, 1.82) is 0 Å². The number of aromatic hydroxyl groups is 1. The number of ether oxygens (including phenoxy) is 1. The predicted octanol–water partition coefficient (Wildman–Crippen LogP) is 3.70. The van der Waals surface area contributed by atoms with E-state index in [2.05, 4.69) is 38.5 Å². The first kappa shape index (κ1) is 16.1. The number of para-hydroxylation sites is 1. The van der Waals surface area contributed by atoms with E-state index in [1.54, 1.807) is 18.3 Å². The molecule has 0 saturated carbocycles. The molecular formula is C19H19N5O2. The number of rotatable bonds is 4. The van der Waals surface area contributed by atoms with Gasteiger partial charge >= 0.3 is 0 Å². The average Bonchev–Trinajstić information content (AvgIpc) is 3.10. The molecule has 26 heavy (non-hydrogen) atoms. The number of phenols is 1. The molecule has 0 bridgehead atoms. The van der Waals surface area contributed by atoms with Crippen LogP contribution >= 0.6 is 0 Å². The maximum atomic E-state index is 10.1. The number of anilines is 1. The first-order valence-corrected chi connectivity index (χ1v) is 8.30. The molecule has 2 heterocycles. The third-order valence-electron chi connectivity index (χ3n) is 4.44. The van der Waals surface area contributed by atoms with Crippen molar-refractivity contribution in [3.8, 4) is 11.5 Å². The molecule has 0 aliphatic heterocycles. The highest BCUT2D eigenvalue weighted by molar-refractivity contribution is 5.92. The molecule has 4 aromatic rings. The Morgan fingerprint density at radius 3 is 2.88 bits per heavy atom. The number of aromatic nitrogens is 4. The summed E-state index contributed by atoms with van der Waals surface area (Å²) in [5, 5.41) is 22.5. The van der Waals surface area contributed by atoms with Crippen molar-refractivity contribution in [2.45, 2.75) is 19.9 Å². The van der Waals surface area contributed by atoms with Crippen molar-refractivity contribution in [3.63, 3.8) is 0 Å². The van der Waals surface area contributed by atoms with Crippen LogP contribution in [-0.4, -0.2) is 32.4 Å². The van der Waals surface area contributed by atoms with Crippen LogP contribution in [0.15, 0.2) is 36.5 Å². The fourth-order valence-electron chi connectivity index (χ4n) is 3.17. The Balaban J connectivity index is 1.79. The van der Waals surface area contributed by atoms with Crippen LogP contribution in [0.1, 0.15) is 24.4 Å². The quantitative estimate of drug-likeness (QED) is 0.520. The molecule has 1 atom stereocenters. The van der Waals surface area contributed by atoms with E-state index in [-0.39, 0.29) is 11.8 Å². The SMILES string of the molecule is COc1cc2nc(C)nc(NC(C)c3cccc4cn[nH]c34)c2cc1O. The minimum Gasteiger partial charge on any atom is -0.504 e. The number of aromatic amines is 1. The highest BCUT2D eigenvalue weighted by atomic mass is 16.5. The van der Waals surface area contributed by atoms with Gasteiger partial charge < -0.3 is 15.2 Å². The van der Waals surface area contributed by atoms with Crippen LogP contribution in [0.3, 0.4) is 0 Å². The van der Waals surface area contributed by atoms with E-state index >= 15 is 0 Å². The summed E-state index contributed by atoms with van der Waals surface area (Å²) in [4.78, 5) is 8.98. The molecule has 1 unspecified atom stereocenters. The molecule has 4 rings (SSSR count). The molecule has 0 saturated heterocycles. The zero-order valence-corrected chi connectivity index (χ0v) is 14.7. The number of nitrogens with one attached hydrogen (secondary N) is 2. The molecule has 2 aromatic carbocycles. The van der Waals surface area contributed by atoms with Crippen molar-refractivity contribution in [2.24, 2.45) is 0 Å². The van der Waals surface area contributed by atoms with Crippen LogP contribution in [0.5, 0.6) is 11.5 Å². The summed E-state index contributed by atoms with van der Waals surface area (Å²) >= 11 is 0. The standard InChI is InChI=1S/C19H19N5O2/c1-10(13-6-4-5-12-9-20-24-18(12)13)21-19-14-7-16(25)17(26-3)8-15(14)22-11(2)23-19/h4-10,25H,1-3H3,(H,20,24)(H,21,22,23). The molecule has 0 radical (unpaired) electrons. The fourth-order valence-corrected chi connectivity index (χ4v) is 3.17. The number of fused-ring (bicyclic) bond motifs is 2. The van der Waals surface area contributed by atoms with Crippen molar-refractivity contribution < 1.29 is 9.84 Å². The van der Waals surface area contributed by atoms with Gasteiger partial charge in [0.15, 0.2) is 11.5 Å². The van der Waals surface area contributed by atoms with E-state index in [4.69, 9.17) is 4.74 Å². The number of nitrogens with zero attached hydrogens (tertiary/aromatic N) is 3. The Morgan fingerprint density at radius 1 is 1.23 bits per heavy atom. The fraction of sp³-hybridized carbons (Fsp3) is 0.211. The van der Waals surface area contributed by atoms with Crippen molar-refractivity contribution in [3.05, 3.63) is 47.9 Å². The lowest BCUT2D eigenvalue weighted by molar-refractivity contribution is 0.374. The lowest BCUT2D eigenvalue weighted by Crippen LogP contribution is -2.10. The van der Waals surface area contributed by atoms with Crippen LogP contribution in [0.4, 0.5) is 5.82 Å². The normalized spacial score (nSPS) is 12.4. The second kappa shape index (κ2) is 6.18. The summed E-state index contributed by atoms with van der Waals surface area (Å²) in [5.41, 5.74) is 2.79. The van der Waals surface area contributed by atoms with Gasteiger partial charge in [-0.25, -0.2) is 9.97 Å². The summed E-state index contributed by atoms with van der Waals surface area (Å²) in [5.74, 6) is 1.74. The maximum absolute atomic E-state index is 10.1. The molecule has 7 heteroatoms. The number of H-pyrrole nitrogens is 1. The Labute approximate surface area is 150 Å². The predicted molar refractivity (Wildman–Crippen MR) is 101 cm³/mol. The van der Waals surface area contributed by atoms with E-state index in [0.29, 0.717) is 22.9 Å². The zero-order chi connectivity index (χ0) is 18.3. The van der Waals surface area contributed by atoms with Crippen LogP contribution in [0.25, 0.3) is 21.8 Å².